The molecule has 20 heavy (non-hydrogen) atoms. The van der Waals surface area contributed by atoms with Crippen molar-refractivity contribution in [2.75, 3.05) is 0 Å². The summed E-state index contributed by atoms with van der Waals surface area (Å²) in [5, 5.41) is 11.8. The highest BCUT2D eigenvalue weighted by Crippen LogP contribution is 2.32. The maximum Gasteiger partial charge on any atom is 0.329 e. The molecule has 1 amide bonds. The Hall–Kier alpha value is -2.50. The Kier molecular flexibility index (Phi) is 2.85. The fourth-order valence-electron chi connectivity index (χ4n) is 2.27. The van der Waals surface area contributed by atoms with E-state index in [1.807, 2.05) is 12.1 Å². The van der Waals surface area contributed by atoms with E-state index in [1.165, 1.54) is 6.20 Å². The number of para-hydroxylation sites is 2. The van der Waals surface area contributed by atoms with Crippen LogP contribution in [0.25, 0.3) is 11.0 Å². The molecule has 0 saturated heterocycles. The van der Waals surface area contributed by atoms with Gasteiger partial charge in [-0.3, -0.25) is 9.78 Å². The summed E-state index contributed by atoms with van der Waals surface area (Å²) in [5.41, 5.74) is 0.305. The highest BCUT2D eigenvalue weighted by atomic mass is 16.4. The Morgan fingerprint density at radius 1 is 1.20 bits per heavy atom. The molecule has 3 rings (SSSR count). The molecule has 0 aliphatic heterocycles. The Morgan fingerprint density at radius 2 is 1.90 bits per heavy atom. The van der Waals surface area contributed by atoms with Crippen molar-refractivity contribution in [3.63, 3.8) is 0 Å². The third kappa shape index (κ3) is 1.99. The lowest BCUT2D eigenvalue weighted by Crippen LogP contribution is -2.59. The van der Waals surface area contributed by atoms with Gasteiger partial charge < -0.3 is 10.4 Å². The Labute approximate surface area is 114 Å². The van der Waals surface area contributed by atoms with E-state index >= 15 is 0 Å². The maximum atomic E-state index is 12.1. The molecule has 1 saturated carbocycles. The smallest absolute Gasteiger partial charge is 0.329 e. The van der Waals surface area contributed by atoms with E-state index in [9.17, 15) is 14.7 Å². The van der Waals surface area contributed by atoms with Crippen molar-refractivity contribution in [2.45, 2.75) is 24.8 Å². The van der Waals surface area contributed by atoms with Gasteiger partial charge in [-0.1, -0.05) is 12.1 Å². The fourth-order valence-corrected chi connectivity index (χ4v) is 2.27. The van der Waals surface area contributed by atoms with E-state index in [0.717, 1.165) is 6.42 Å². The van der Waals surface area contributed by atoms with Crippen LogP contribution in [0.5, 0.6) is 0 Å². The van der Waals surface area contributed by atoms with E-state index in [2.05, 4.69) is 15.3 Å². The highest BCUT2D eigenvalue weighted by Gasteiger charge is 2.45. The maximum absolute atomic E-state index is 12.1. The van der Waals surface area contributed by atoms with Crippen molar-refractivity contribution in [1.82, 2.24) is 15.3 Å². The predicted molar refractivity (Wildman–Crippen MR) is 71.2 cm³/mol. The predicted octanol–water partition coefficient (Wildman–Crippen LogP) is 1.37. The number of carbonyl (C=O) groups is 2. The van der Waals surface area contributed by atoms with Gasteiger partial charge in [-0.05, 0) is 31.4 Å². The minimum atomic E-state index is -1.13. The van der Waals surface area contributed by atoms with Crippen LogP contribution >= 0.6 is 0 Å². The standard InChI is InChI=1S/C14H13N3O3/c18-12(17-14(13(19)20)6-3-7-14)11-8-15-9-4-1-2-5-10(9)16-11/h1-2,4-5,8H,3,6-7H2,(H,17,18)(H,19,20). The van der Waals surface area contributed by atoms with E-state index in [0.29, 0.717) is 23.9 Å². The first kappa shape index (κ1) is 12.5. The lowest BCUT2D eigenvalue weighted by Gasteiger charge is -2.38. The van der Waals surface area contributed by atoms with Gasteiger partial charge >= 0.3 is 5.97 Å². The number of aliphatic carboxylic acids is 1. The molecule has 0 spiro atoms. The zero-order valence-corrected chi connectivity index (χ0v) is 10.7. The Balaban J connectivity index is 1.87. The molecule has 0 bridgehead atoms. The lowest BCUT2D eigenvalue weighted by atomic mass is 9.76. The zero-order chi connectivity index (χ0) is 14.2. The number of rotatable bonds is 3. The first-order valence-electron chi connectivity index (χ1n) is 6.38. The van der Waals surface area contributed by atoms with Crippen molar-refractivity contribution in [2.24, 2.45) is 0 Å². The van der Waals surface area contributed by atoms with Gasteiger partial charge in [0.2, 0.25) is 0 Å². The summed E-state index contributed by atoms with van der Waals surface area (Å²) < 4.78 is 0. The van der Waals surface area contributed by atoms with E-state index in [4.69, 9.17) is 0 Å². The second-order valence-corrected chi connectivity index (χ2v) is 4.94. The van der Waals surface area contributed by atoms with Crippen molar-refractivity contribution in [3.8, 4) is 0 Å². The van der Waals surface area contributed by atoms with Crippen LogP contribution in [-0.2, 0) is 4.79 Å². The highest BCUT2D eigenvalue weighted by molar-refractivity contribution is 5.97. The third-order valence-electron chi connectivity index (χ3n) is 3.65. The third-order valence-corrected chi connectivity index (χ3v) is 3.65. The molecule has 0 atom stereocenters. The molecule has 1 aliphatic carbocycles. The number of aromatic nitrogens is 2. The van der Waals surface area contributed by atoms with Gasteiger partial charge in [-0.15, -0.1) is 0 Å². The molecule has 1 aromatic carbocycles. The molecule has 1 heterocycles. The first-order valence-corrected chi connectivity index (χ1v) is 6.38. The molecular weight excluding hydrogens is 258 g/mol. The van der Waals surface area contributed by atoms with Crippen molar-refractivity contribution in [1.29, 1.82) is 0 Å². The number of benzene rings is 1. The summed E-state index contributed by atoms with van der Waals surface area (Å²) in [7, 11) is 0. The molecular formula is C14H13N3O3. The summed E-state index contributed by atoms with van der Waals surface area (Å²) >= 11 is 0. The van der Waals surface area contributed by atoms with Crippen LogP contribution < -0.4 is 5.32 Å². The number of nitrogens with zero attached hydrogens (tertiary/aromatic N) is 2. The molecule has 0 unspecified atom stereocenters. The number of carboxylic acids is 1. The second-order valence-electron chi connectivity index (χ2n) is 4.94. The summed E-state index contributed by atoms with van der Waals surface area (Å²) in [6.45, 7) is 0. The van der Waals surface area contributed by atoms with Crippen molar-refractivity contribution >= 4 is 22.9 Å². The molecule has 6 heteroatoms. The van der Waals surface area contributed by atoms with Crippen LogP contribution in [0.1, 0.15) is 29.8 Å². The molecule has 102 valence electrons. The summed E-state index contributed by atoms with van der Waals surface area (Å²) in [6.07, 6.45) is 3.08. The van der Waals surface area contributed by atoms with Crippen LogP contribution in [0.15, 0.2) is 30.5 Å². The second kappa shape index (κ2) is 4.56. The van der Waals surface area contributed by atoms with Crippen LogP contribution in [0.2, 0.25) is 0 Å². The molecule has 2 aromatic rings. The number of nitrogens with one attached hydrogen (secondary N) is 1. The number of carbonyl (C=O) groups excluding carboxylic acids is 1. The summed E-state index contributed by atoms with van der Waals surface area (Å²) in [5.74, 6) is -1.49. The molecule has 0 radical (unpaired) electrons. The van der Waals surface area contributed by atoms with Crippen molar-refractivity contribution < 1.29 is 14.7 Å². The van der Waals surface area contributed by atoms with Crippen LogP contribution in [-0.4, -0.2) is 32.5 Å². The Bertz CT molecular complexity index is 695. The lowest BCUT2D eigenvalue weighted by molar-refractivity contribution is -0.148. The minimum Gasteiger partial charge on any atom is -0.480 e. The SMILES string of the molecule is O=C(NC1(C(=O)O)CCC1)c1cnc2ccccc2n1. The molecule has 1 aromatic heterocycles. The van der Waals surface area contributed by atoms with Gasteiger partial charge in [0.1, 0.15) is 11.2 Å². The largest absolute Gasteiger partial charge is 0.480 e. The van der Waals surface area contributed by atoms with Gasteiger partial charge in [-0.2, -0.15) is 0 Å². The average Bonchev–Trinajstić information content (AvgIpc) is 2.41. The normalized spacial score (nSPS) is 16.4. The summed E-state index contributed by atoms with van der Waals surface area (Å²) in [4.78, 5) is 31.7. The van der Waals surface area contributed by atoms with Gasteiger partial charge in [0, 0.05) is 0 Å². The number of amides is 1. The van der Waals surface area contributed by atoms with E-state index in [-0.39, 0.29) is 5.69 Å². The van der Waals surface area contributed by atoms with Crippen LogP contribution in [0.4, 0.5) is 0 Å². The van der Waals surface area contributed by atoms with Gasteiger partial charge in [0.15, 0.2) is 0 Å². The molecule has 6 nitrogen and oxygen atoms in total. The van der Waals surface area contributed by atoms with Gasteiger partial charge in [0.25, 0.3) is 5.91 Å². The van der Waals surface area contributed by atoms with Gasteiger partial charge in [0.05, 0.1) is 17.2 Å². The number of hydrogen-bond acceptors (Lipinski definition) is 4. The fraction of sp³-hybridized carbons (Fsp3) is 0.286. The summed E-state index contributed by atoms with van der Waals surface area (Å²) in [6, 6.07) is 7.21. The van der Waals surface area contributed by atoms with E-state index in [1.54, 1.807) is 12.1 Å². The number of hydrogen-bond donors (Lipinski definition) is 2. The molecule has 1 fully saturated rings. The molecule has 1 aliphatic rings. The number of carboxylic acid groups (broad SMARTS) is 1. The van der Waals surface area contributed by atoms with Crippen LogP contribution in [0.3, 0.4) is 0 Å². The Morgan fingerprint density at radius 3 is 2.50 bits per heavy atom. The monoisotopic (exact) mass is 271 g/mol. The zero-order valence-electron chi connectivity index (χ0n) is 10.7. The average molecular weight is 271 g/mol. The van der Waals surface area contributed by atoms with Crippen molar-refractivity contribution in [3.05, 3.63) is 36.2 Å². The first-order chi connectivity index (χ1) is 9.61. The minimum absolute atomic E-state index is 0.135. The van der Waals surface area contributed by atoms with Crippen LogP contribution in [0, 0.1) is 0 Å². The molecule has 2 N–H and O–H groups in total. The van der Waals surface area contributed by atoms with E-state index < -0.39 is 17.4 Å². The topological polar surface area (TPSA) is 92.2 Å². The number of fused-ring (bicyclic) bond motifs is 1. The van der Waals surface area contributed by atoms with Gasteiger partial charge in [-0.25, -0.2) is 9.78 Å². The quantitative estimate of drug-likeness (QED) is 0.879.